The number of nitrogens with zero attached hydrogens (tertiary/aromatic N) is 4. The van der Waals surface area contributed by atoms with E-state index in [1.165, 1.54) is 9.80 Å². The third kappa shape index (κ3) is 3.31. The molecule has 216 valence electrons. The summed E-state index contributed by atoms with van der Waals surface area (Å²) in [6, 6.07) is 11.7. The third-order valence-corrected chi connectivity index (χ3v) is 9.42. The molecule has 0 saturated heterocycles. The summed E-state index contributed by atoms with van der Waals surface area (Å²) in [6.07, 6.45) is 2.90. The molecule has 0 N–H and O–H groups in total. The number of nitriles is 1. The van der Waals surface area contributed by atoms with Crippen LogP contribution in [0.5, 0.6) is 0 Å². The molecule has 5 aromatic carbocycles. The zero-order valence-electron chi connectivity index (χ0n) is 24.9. The number of fused-ring (bicyclic) bond motifs is 2. The predicted octanol–water partition coefficient (Wildman–Crippen LogP) is 7.73. The maximum absolute atomic E-state index is 13.9. The lowest BCUT2D eigenvalue weighted by Gasteiger charge is -2.34. The minimum absolute atomic E-state index is 0.230. The van der Waals surface area contributed by atoms with E-state index in [0.29, 0.717) is 67.1 Å². The van der Waals surface area contributed by atoms with Gasteiger partial charge in [-0.15, -0.1) is 0 Å². The van der Waals surface area contributed by atoms with Gasteiger partial charge in [-0.05, 0) is 77.9 Å². The number of benzene rings is 5. The van der Waals surface area contributed by atoms with Gasteiger partial charge in [-0.25, -0.2) is 4.85 Å². The fraction of sp³-hybridized carbons (Fsp3) is 0.278. The van der Waals surface area contributed by atoms with E-state index < -0.39 is 11.8 Å². The van der Waals surface area contributed by atoms with Gasteiger partial charge in [-0.3, -0.25) is 29.0 Å². The molecular weight excluding hydrogens is 552 g/mol. The molecule has 0 unspecified atom stereocenters. The zero-order chi connectivity index (χ0) is 31.2. The van der Waals surface area contributed by atoms with Crippen molar-refractivity contribution >= 4 is 72.4 Å². The lowest BCUT2D eigenvalue weighted by molar-refractivity contribution is 0.0528. The van der Waals surface area contributed by atoms with E-state index in [-0.39, 0.29) is 46.3 Å². The summed E-state index contributed by atoms with van der Waals surface area (Å²) in [4.78, 5) is 61.9. The Morgan fingerprint density at radius 2 is 1.14 bits per heavy atom. The van der Waals surface area contributed by atoms with Gasteiger partial charge in [0.1, 0.15) is 0 Å². The first-order chi connectivity index (χ1) is 21.2. The van der Waals surface area contributed by atoms with E-state index in [9.17, 15) is 24.4 Å². The van der Waals surface area contributed by atoms with Crippen LogP contribution >= 0.6 is 0 Å². The lowest BCUT2D eigenvalue weighted by Crippen LogP contribution is -2.46. The molecule has 8 nitrogen and oxygen atoms in total. The van der Waals surface area contributed by atoms with Gasteiger partial charge in [0.2, 0.25) is 0 Å². The Morgan fingerprint density at radius 1 is 0.682 bits per heavy atom. The van der Waals surface area contributed by atoms with Crippen LogP contribution in [-0.2, 0) is 0 Å². The number of rotatable bonds is 6. The molecule has 7 rings (SSSR count). The Morgan fingerprint density at radius 3 is 1.61 bits per heavy atom. The van der Waals surface area contributed by atoms with Crippen molar-refractivity contribution in [1.82, 2.24) is 9.80 Å². The Bertz CT molecular complexity index is 2090. The molecular formula is C36H28N4O4. The molecule has 4 amide bonds. The van der Waals surface area contributed by atoms with E-state index in [1.54, 1.807) is 36.4 Å². The highest BCUT2D eigenvalue weighted by atomic mass is 16.2. The molecule has 2 heterocycles. The first-order valence-corrected chi connectivity index (χ1v) is 15.0. The Balaban J connectivity index is 1.65. The van der Waals surface area contributed by atoms with Gasteiger partial charge in [0.25, 0.3) is 23.6 Å². The van der Waals surface area contributed by atoms with Crippen LogP contribution < -0.4 is 0 Å². The van der Waals surface area contributed by atoms with Crippen molar-refractivity contribution < 1.29 is 19.2 Å². The molecule has 0 aliphatic carbocycles. The van der Waals surface area contributed by atoms with Crippen molar-refractivity contribution in [2.45, 2.75) is 65.5 Å². The van der Waals surface area contributed by atoms with Crippen LogP contribution in [-0.4, -0.2) is 45.5 Å². The Labute approximate surface area is 253 Å². The number of carbonyl (C=O) groups is 4. The second-order valence-electron chi connectivity index (χ2n) is 11.9. The maximum Gasteiger partial charge on any atom is 0.261 e. The van der Waals surface area contributed by atoms with Gasteiger partial charge >= 0.3 is 0 Å². The van der Waals surface area contributed by atoms with Crippen LogP contribution in [0.3, 0.4) is 0 Å². The molecule has 8 heteroatoms. The van der Waals surface area contributed by atoms with Crippen molar-refractivity contribution in [3.63, 3.8) is 0 Å². The highest BCUT2D eigenvalue weighted by molar-refractivity contribution is 6.43. The second kappa shape index (κ2) is 9.59. The number of imide groups is 2. The van der Waals surface area contributed by atoms with Crippen LogP contribution in [0.15, 0.2) is 36.4 Å². The standard InChI is InChI=1S/C36H28N4O4/c1-6-8-17(3)39-33(41)22-13-11-21-30-26(38-5)15-25-29-23(34(42)40(36(25)44)18(4)9-7-2)12-10-20(32(29)30)27-19(16-37)14-24(35(39)43)28(22)31(21)27/h10-15,17-18H,6-9H2,1-4H3/t17-,18-/m1/s1. The van der Waals surface area contributed by atoms with Crippen LogP contribution in [0.4, 0.5) is 5.69 Å². The van der Waals surface area contributed by atoms with Gasteiger partial charge in [0, 0.05) is 44.9 Å². The fourth-order valence-electron chi connectivity index (χ4n) is 7.55. The molecule has 0 saturated carbocycles. The van der Waals surface area contributed by atoms with E-state index in [0.717, 1.165) is 12.8 Å². The lowest BCUT2D eigenvalue weighted by atomic mass is 9.80. The monoisotopic (exact) mass is 580 g/mol. The van der Waals surface area contributed by atoms with Crippen LogP contribution in [0.1, 0.15) is 100 Å². The molecule has 0 aromatic heterocycles. The van der Waals surface area contributed by atoms with Crippen LogP contribution in [0.25, 0.3) is 47.9 Å². The summed E-state index contributed by atoms with van der Waals surface area (Å²) in [5.41, 5.74) is 1.79. The van der Waals surface area contributed by atoms with Gasteiger partial charge in [-0.2, -0.15) is 5.26 Å². The minimum Gasteiger partial charge on any atom is -0.272 e. The molecule has 2 aliphatic heterocycles. The topological polar surface area (TPSA) is 103 Å². The SMILES string of the molecule is [C-]#[N+]c1cc2c3c(ccc4c5c(C#N)cc6c7c(ccc(c1c34)c75)C(=O)N([C@H](C)CCC)C6=O)C(=O)N([C@H](C)CCC)C2=O. The first kappa shape index (κ1) is 27.5. The molecule has 0 bridgehead atoms. The van der Waals surface area contributed by atoms with Crippen molar-refractivity contribution in [2.24, 2.45) is 0 Å². The molecule has 44 heavy (non-hydrogen) atoms. The quantitative estimate of drug-likeness (QED) is 0.0885. The maximum atomic E-state index is 13.9. The fourth-order valence-corrected chi connectivity index (χ4v) is 7.55. The summed E-state index contributed by atoms with van der Waals surface area (Å²) < 4.78 is 0. The number of hydrogen-bond acceptors (Lipinski definition) is 5. The largest absolute Gasteiger partial charge is 0.272 e. The molecule has 2 aliphatic rings. The molecule has 5 aromatic rings. The summed E-state index contributed by atoms with van der Waals surface area (Å²) >= 11 is 0. The number of hydrogen-bond donors (Lipinski definition) is 0. The Kier molecular flexibility index (Phi) is 5.99. The van der Waals surface area contributed by atoms with Crippen molar-refractivity contribution in [2.75, 3.05) is 0 Å². The second-order valence-corrected chi connectivity index (χ2v) is 11.9. The molecule has 0 fully saturated rings. The smallest absolute Gasteiger partial charge is 0.261 e. The average Bonchev–Trinajstić information content (AvgIpc) is 3.01. The van der Waals surface area contributed by atoms with Gasteiger partial charge < -0.3 is 0 Å². The highest BCUT2D eigenvalue weighted by Gasteiger charge is 2.40. The van der Waals surface area contributed by atoms with Crippen molar-refractivity contribution in [3.05, 3.63) is 75.6 Å². The summed E-state index contributed by atoms with van der Waals surface area (Å²) in [5, 5.41) is 14.7. The van der Waals surface area contributed by atoms with Gasteiger partial charge in [0.05, 0.1) is 23.8 Å². The normalized spacial score (nSPS) is 16.0. The predicted molar refractivity (Wildman–Crippen MR) is 168 cm³/mol. The van der Waals surface area contributed by atoms with Crippen LogP contribution in [0, 0.1) is 17.9 Å². The Hall–Kier alpha value is -5.34. The third-order valence-electron chi connectivity index (χ3n) is 9.42. The average molecular weight is 581 g/mol. The van der Waals surface area contributed by atoms with Gasteiger partial charge in [0.15, 0.2) is 5.69 Å². The van der Waals surface area contributed by atoms with Gasteiger partial charge in [-0.1, -0.05) is 38.8 Å². The summed E-state index contributed by atoms with van der Waals surface area (Å²) in [6.45, 7) is 15.8. The van der Waals surface area contributed by atoms with E-state index in [1.807, 2.05) is 27.7 Å². The van der Waals surface area contributed by atoms with Crippen molar-refractivity contribution in [1.29, 1.82) is 5.26 Å². The van der Waals surface area contributed by atoms with E-state index in [2.05, 4.69) is 10.9 Å². The first-order valence-electron chi connectivity index (χ1n) is 15.0. The van der Waals surface area contributed by atoms with E-state index >= 15 is 0 Å². The molecule has 2 atom stereocenters. The highest BCUT2D eigenvalue weighted by Crippen LogP contribution is 2.50. The summed E-state index contributed by atoms with van der Waals surface area (Å²) in [7, 11) is 0. The van der Waals surface area contributed by atoms with Crippen molar-refractivity contribution in [3.8, 4) is 6.07 Å². The summed E-state index contributed by atoms with van der Waals surface area (Å²) in [5.74, 6) is -1.65. The van der Waals surface area contributed by atoms with E-state index in [4.69, 9.17) is 6.57 Å². The molecule has 0 spiro atoms. The number of carbonyl (C=O) groups excluding carboxylic acids is 4. The minimum atomic E-state index is -0.442. The molecule has 0 radical (unpaired) electrons. The zero-order valence-corrected chi connectivity index (χ0v) is 24.9. The van der Waals surface area contributed by atoms with Crippen LogP contribution in [0.2, 0.25) is 0 Å². The number of amides is 4.